The van der Waals surface area contributed by atoms with Gasteiger partial charge in [-0.15, -0.1) is 0 Å². The molecule has 0 fully saturated rings. The van der Waals surface area contributed by atoms with E-state index in [1.807, 2.05) is 6.07 Å². The van der Waals surface area contributed by atoms with Crippen molar-refractivity contribution in [1.82, 2.24) is 0 Å². The van der Waals surface area contributed by atoms with Crippen LogP contribution in [0.3, 0.4) is 0 Å². The summed E-state index contributed by atoms with van der Waals surface area (Å²) in [6.07, 6.45) is 1.74. The Bertz CT molecular complexity index is 514. The van der Waals surface area contributed by atoms with Crippen LogP contribution in [0.15, 0.2) is 54.6 Å². The smallest absolute Gasteiger partial charge is 0.0471 e. The molecule has 1 heteroatoms. The standard InChI is InChI=1S/C18H22O/c1-18(2,14-15-8-4-3-5-9-15)17-11-7-6-10-16(17)12-13-19/h3-11,19H,12-14H2,1-2H3. The Morgan fingerprint density at radius 1 is 0.895 bits per heavy atom. The summed E-state index contributed by atoms with van der Waals surface area (Å²) in [4.78, 5) is 0. The van der Waals surface area contributed by atoms with Crippen LogP contribution in [0.4, 0.5) is 0 Å². The zero-order valence-electron chi connectivity index (χ0n) is 11.8. The van der Waals surface area contributed by atoms with Crippen molar-refractivity contribution < 1.29 is 5.11 Å². The highest BCUT2D eigenvalue weighted by molar-refractivity contribution is 5.35. The lowest BCUT2D eigenvalue weighted by atomic mass is 9.76. The van der Waals surface area contributed by atoms with Gasteiger partial charge < -0.3 is 5.11 Å². The normalized spacial score (nSPS) is 11.5. The highest BCUT2D eigenvalue weighted by Gasteiger charge is 2.23. The molecule has 2 aromatic carbocycles. The third kappa shape index (κ3) is 3.45. The molecule has 0 aliphatic rings. The first-order valence-electron chi connectivity index (χ1n) is 6.86. The number of benzene rings is 2. The van der Waals surface area contributed by atoms with Gasteiger partial charge in [-0.2, -0.15) is 0 Å². The van der Waals surface area contributed by atoms with Gasteiger partial charge in [0, 0.05) is 6.61 Å². The molecule has 0 saturated heterocycles. The number of rotatable bonds is 5. The van der Waals surface area contributed by atoms with Gasteiger partial charge in [0.25, 0.3) is 0 Å². The Kier molecular flexibility index (Phi) is 4.39. The largest absolute Gasteiger partial charge is 0.396 e. The molecule has 1 N–H and O–H groups in total. The second kappa shape index (κ2) is 6.03. The summed E-state index contributed by atoms with van der Waals surface area (Å²) in [5.41, 5.74) is 4.03. The van der Waals surface area contributed by atoms with Gasteiger partial charge in [0.1, 0.15) is 0 Å². The van der Waals surface area contributed by atoms with Gasteiger partial charge in [-0.25, -0.2) is 0 Å². The van der Waals surface area contributed by atoms with Gasteiger partial charge in [0.15, 0.2) is 0 Å². The number of aliphatic hydroxyl groups is 1. The average Bonchev–Trinajstić information content (AvgIpc) is 2.40. The fourth-order valence-electron chi connectivity index (χ4n) is 2.72. The Labute approximate surface area is 115 Å². The van der Waals surface area contributed by atoms with Crippen molar-refractivity contribution >= 4 is 0 Å². The summed E-state index contributed by atoms with van der Waals surface area (Å²) < 4.78 is 0. The van der Waals surface area contributed by atoms with Gasteiger partial charge in [0.05, 0.1) is 0 Å². The van der Waals surface area contributed by atoms with E-state index in [2.05, 4.69) is 62.4 Å². The van der Waals surface area contributed by atoms with E-state index >= 15 is 0 Å². The number of aliphatic hydroxyl groups excluding tert-OH is 1. The Balaban J connectivity index is 2.28. The molecule has 100 valence electrons. The predicted octanol–water partition coefficient (Wildman–Crippen LogP) is 3.74. The molecule has 19 heavy (non-hydrogen) atoms. The van der Waals surface area contributed by atoms with Crippen molar-refractivity contribution in [2.75, 3.05) is 6.61 Å². The Morgan fingerprint density at radius 2 is 1.53 bits per heavy atom. The van der Waals surface area contributed by atoms with Crippen LogP contribution < -0.4 is 0 Å². The zero-order valence-corrected chi connectivity index (χ0v) is 11.8. The molecule has 2 aromatic rings. The number of hydrogen-bond donors (Lipinski definition) is 1. The van der Waals surface area contributed by atoms with Crippen molar-refractivity contribution in [2.24, 2.45) is 0 Å². The quantitative estimate of drug-likeness (QED) is 0.861. The van der Waals surface area contributed by atoms with Crippen molar-refractivity contribution in [3.05, 3.63) is 71.3 Å². The fourth-order valence-corrected chi connectivity index (χ4v) is 2.72. The van der Waals surface area contributed by atoms with Gasteiger partial charge >= 0.3 is 0 Å². The van der Waals surface area contributed by atoms with Gasteiger partial charge in [0.2, 0.25) is 0 Å². The van der Waals surface area contributed by atoms with Crippen LogP contribution in [-0.2, 0) is 18.3 Å². The maximum Gasteiger partial charge on any atom is 0.0471 e. The Morgan fingerprint density at radius 3 is 2.21 bits per heavy atom. The molecule has 0 atom stereocenters. The first kappa shape index (κ1) is 13.8. The summed E-state index contributed by atoms with van der Waals surface area (Å²) in [7, 11) is 0. The molecule has 1 nitrogen and oxygen atoms in total. The molecule has 0 aliphatic carbocycles. The van der Waals surface area contributed by atoms with Gasteiger partial charge in [-0.1, -0.05) is 68.4 Å². The van der Waals surface area contributed by atoms with E-state index in [4.69, 9.17) is 0 Å². The van der Waals surface area contributed by atoms with E-state index in [0.29, 0.717) is 0 Å². The topological polar surface area (TPSA) is 20.2 Å². The molecule has 0 heterocycles. The lowest BCUT2D eigenvalue weighted by Gasteiger charge is -2.28. The second-order valence-corrected chi connectivity index (χ2v) is 5.68. The maximum absolute atomic E-state index is 9.20. The van der Waals surface area contributed by atoms with Crippen molar-refractivity contribution in [3.63, 3.8) is 0 Å². The molecule has 0 aliphatic heterocycles. The molecular weight excluding hydrogens is 232 g/mol. The molecule has 0 amide bonds. The summed E-state index contributed by atoms with van der Waals surface area (Å²) in [6, 6.07) is 19.0. The minimum atomic E-state index is 0.0765. The first-order chi connectivity index (χ1) is 9.13. The van der Waals surface area contributed by atoms with E-state index in [1.54, 1.807) is 0 Å². The fraction of sp³-hybridized carbons (Fsp3) is 0.333. The van der Waals surface area contributed by atoms with Crippen LogP contribution in [0, 0.1) is 0 Å². The van der Waals surface area contributed by atoms with Crippen LogP contribution in [0.2, 0.25) is 0 Å². The monoisotopic (exact) mass is 254 g/mol. The Hall–Kier alpha value is -1.60. The molecule has 0 radical (unpaired) electrons. The van der Waals surface area contributed by atoms with Crippen LogP contribution in [-0.4, -0.2) is 11.7 Å². The average molecular weight is 254 g/mol. The van der Waals surface area contributed by atoms with Crippen LogP contribution in [0.25, 0.3) is 0 Å². The summed E-state index contributed by atoms with van der Waals surface area (Å²) in [5.74, 6) is 0. The van der Waals surface area contributed by atoms with E-state index in [0.717, 1.165) is 12.8 Å². The van der Waals surface area contributed by atoms with Crippen molar-refractivity contribution in [3.8, 4) is 0 Å². The minimum Gasteiger partial charge on any atom is -0.396 e. The van der Waals surface area contributed by atoms with E-state index in [-0.39, 0.29) is 12.0 Å². The lowest BCUT2D eigenvalue weighted by Crippen LogP contribution is -2.22. The molecule has 0 aromatic heterocycles. The number of hydrogen-bond acceptors (Lipinski definition) is 1. The molecule has 0 saturated carbocycles. The van der Waals surface area contributed by atoms with Crippen molar-refractivity contribution in [1.29, 1.82) is 0 Å². The zero-order chi connectivity index (χ0) is 13.7. The van der Waals surface area contributed by atoms with Crippen LogP contribution in [0.5, 0.6) is 0 Å². The summed E-state index contributed by atoms with van der Waals surface area (Å²) in [5, 5.41) is 9.20. The second-order valence-electron chi connectivity index (χ2n) is 5.68. The highest BCUT2D eigenvalue weighted by atomic mass is 16.2. The van der Waals surface area contributed by atoms with Crippen molar-refractivity contribution in [2.45, 2.75) is 32.1 Å². The molecule has 0 unspecified atom stereocenters. The third-order valence-electron chi connectivity index (χ3n) is 3.62. The van der Waals surface area contributed by atoms with E-state index in [9.17, 15) is 5.11 Å². The lowest BCUT2D eigenvalue weighted by molar-refractivity contribution is 0.298. The van der Waals surface area contributed by atoms with Crippen LogP contribution >= 0.6 is 0 Å². The molecular formula is C18H22O. The third-order valence-corrected chi connectivity index (χ3v) is 3.62. The summed E-state index contributed by atoms with van der Waals surface area (Å²) in [6.45, 7) is 4.75. The summed E-state index contributed by atoms with van der Waals surface area (Å²) >= 11 is 0. The maximum atomic E-state index is 9.20. The van der Waals surface area contributed by atoms with Gasteiger partial charge in [-0.05, 0) is 34.9 Å². The SMILES string of the molecule is CC(C)(Cc1ccccc1)c1ccccc1CCO. The van der Waals surface area contributed by atoms with E-state index < -0.39 is 0 Å². The molecule has 2 rings (SSSR count). The van der Waals surface area contributed by atoms with E-state index in [1.165, 1.54) is 16.7 Å². The predicted molar refractivity (Wildman–Crippen MR) is 80.4 cm³/mol. The molecule has 0 bridgehead atoms. The highest BCUT2D eigenvalue weighted by Crippen LogP contribution is 2.30. The van der Waals surface area contributed by atoms with Gasteiger partial charge in [-0.3, -0.25) is 0 Å². The first-order valence-corrected chi connectivity index (χ1v) is 6.86. The molecule has 0 spiro atoms. The minimum absolute atomic E-state index is 0.0765. The van der Waals surface area contributed by atoms with Crippen LogP contribution in [0.1, 0.15) is 30.5 Å².